The van der Waals surface area contributed by atoms with Crippen LogP contribution in [0.2, 0.25) is 0 Å². The molecule has 0 spiro atoms. The Balaban J connectivity index is 2.13. The van der Waals surface area contributed by atoms with Crippen molar-refractivity contribution in [3.05, 3.63) is 17.6 Å². The molecule has 0 aromatic carbocycles. The first-order valence-electron chi connectivity index (χ1n) is 6.18. The van der Waals surface area contributed by atoms with Crippen LogP contribution in [0.15, 0.2) is 15.4 Å². The molecule has 0 amide bonds. The summed E-state index contributed by atoms with van der Waals surface area (Å²) in [5.74, 6) is 1.69. The third-order valence-corrected chi connectivity index (χ3v) is 4.89. The first-order chi connectivity index (χ1) is 8.42. The SMILES string of the molecule is CNCc1cc(S(=O)(=O)NC2CC(C)C2)c(C)o1. The second-order valence-electron chi connectivity index (χ2n) is 5.06. The van der Waals surface area contributed by atoms with Crippen molar-refractivity contribution >= 4 is 10.0 Å². The number of hydrogen-bond acceptors (Lipinski definition) is 4. The Labute approximate surface area is 108 Å². The molecule has 0 radical (unpaired) electrons. The smallest absolute Gasteiger partial charge is 0.244 e. The molecular weight excluding hydrogens is 252 g/mol. The van der Waals surface area contributed by atoms with Crippen LogP contribution in [0.25, 0.3) is 0 Å². The average molecular weight is 272 g/mol. The van der Waals surface area contributed by atoms with Crippen molar-refractivity contribution in [1.82, 2.24) is 10.0 Å². The Morgan fingerprint density at radius 1 is 1.44 bits per heavy atom. The van der Waals surface area contributed by atoms with Gasteiger partial charge in [0.15, 0.2) is 0 Å². The van der Waals surface area contributed by atoms with Gasteiger partial charge in [0.1, 0.15) is 16.4 Å². The fourth-order valence-electron chi connectivity index (χ4n) is 2.33. The van der Waals surface area contributed by atoms with Gasteiger partial charge in [-0.25, -0.2) is 13.1 Å². The molecule has 1 aliphatic rings. The molecule has 2 N–H and O–H groups in total. The van der Waals surface area contributed by atoms with Crippen LogP contribution >= 0.6 is 0 Å². The Hall–Kier alpha value is -0.850. The van der Waals surface area contributed by atoms with Crippen LogP contribution in [-0.2, 0) is 16.6 Å². The molecule has 1 saturated carbocycles. The van der Waals surface area contributed by atoms with Crippen LogP contribution in [0.3, 0.4) is 0 Å². The Kier molecular flexibility index (Phi) is 3.79. The highest BCUT2D eigenvalue weighted by atomic mass is 32.2. The molecule has 6 heteroatoms. The first-order valence-corrected chi connectivity index (χ1v) is 7.67. The zero-order valence-electron chi connectivity index (χ0n) is 11.0. The predicted molar refractivity (Wildman–Crippen MR) is 68.7 cm³/mol. The fourth-order valence-corrected chi connectivity index (χ4v) is 3.80. The van der Waals surface area contributed by atoms with E-state index in [4.69, 9.17) is 4.42 Å². The van der Waals surface area contributed by atoms with Crippen molar-refractivity contribution < 1.29 is 12.8 Å². The van der Waals surface area contributed by atoms with E-state index in [1.54, 1.807) is 20.0 Å². The van der Waals surface area contributed by atoms with Gasteiger partial charge in [-0.05, 0) is 32.7 Å². The minimum Gasteiger partial charge on any atom is -0.464 e. The number of sulfonamides is 1. The maximum absolute atomic E-state index is 12.2. The summed E-state index contributed by atoms with van der Waals surface area (Å²) in [4.78, 5) is 0.257. The Morgan fingerprint density at radius 3 is 2.67 bits per heavy atom. The molecule has 0 atom stereocenters. The first kappa shape index (κ1) is 13.6. The standard InChI is InChI=1S/C12H20N2O3S/c1-8-4-10(5-8)14-18(15,16)12-6-11(7-13-3)17-9(12)2/h6,8,10,13-14H,4-5,7H2,1-3H3. The number of rotatable bonds is 5. The summed E-state index contributed by atoms with van der Waals surface area (Å²) >= 11 is 0. The summed E-state index contributed by atoms with van der Waals surface area (Å²) in [6.07, 6.45) is 1.83. The predicted octanol–water partition coefficient (Wildman–Crippen LogP) is 1.38. The lowest BCUT2D eigenvalue weighted by atomic mass is 9.83. The molecule has 0 bridgehead atoms. The third-order valence-electron chi connectivity index (χ3n) is 3.26. The molecule has 5 nitrogen and oxygen atoms in total. The Bertz CT molecular complexity index is 515. The van der Waals surface area contributed by atoms with Gasteiger partial charge in [-0.2, -0.15) is 0 Å². The molecule has 1 fully saturated rings. The summed E-state index contributed by atoms with van der Waals surface area (Å²) in [6.45, 7) is 4.33. The summed E-state index contributed by atoms with van der Waals surface area (Å²) in [6, 6.07) is 1.67. The third kappa shape index (κ3) is 2.76. The summed E-state index contributed by atoms with van der Waals surface area (Å²) < 4.78 is 32.5. The van der Waals surface area contributed by atoms with Crippen molar-refractivity contribution in [3.63, 3.8) is 0 Å². The van der Waals surface area contributed by atoms with E-state index in [0.29, 0.717) is 24.0 Å². The lowest BCUT2D eigenvalue weighted by molar-refractivity contribution is 0.270. The molecule has 0 aliphatic heterocycles. The number of nitrogens with one attached hydrogen (secondary N) is 2. The molecule has 1 heterocycles. The van der Waals surface area contributed by atoms with E-state index in [9.17, 15) is 8.42 Å². The normalized spacial score (nSPS) is 23.9. The maximum Gasteiger partial charge on any atom is 0.244 e. The topological polar surface area (TPSA) is 71.3 Å². The van der Waals surface area contributed by atoms with Crippen LogP contribution in [0.5, 0.6) is 0 Å². The van der Waals surface area contributed by atoms with Crippen molar-refractivity contribution in [2.24, 2.45) is 5.92 Å². The quantitative estimate of drug-likeness (QED) is 0.849. The minimum atomic E-state index is -3.44. The minimum absolute atomic E-state index is 0.0760. The molecule has 18 heavy (non-hydrogen) atoms. The molecule has 2 rings (SSSR count). The largest absolute Gasteiger partial charge is 0.464 e. The van der Waals surface area contributed by atoms with Crippen LogP contribution in [0.4, 0.5) is 0 Å². The van der Waals surface area contributed by atoms with Gasteiger partial charge in [-0.1, -0.05) is 6.92 Å². The van der Waals surface area contributed by atoms with E-state index >= 15 is 0 Å². The van der Waals surface area contributed by atoms with Gasteiger partial charge in [0.25, 0.3) is 0 Å². The van der Waals surface area contributed by atoms with E-state index in [0.717, 1.165) is 12.8 Å². The lowest BCUT2D eigenvalue weighted by Crippen LogP contribution is -2.43. The average Bonchev–Trinajstić information content (AvgIpc) is 2.58. The second-order valence-corrected chi connectivity index (χ2v) is 6.74. The van der Waals surface area contributed by atoms with Crippen LogP contribution in [0, 0.1) is 12.8 Å². The van der Waals surface area contributed by atoms with Crippen LogP contribution in [0.1, 0.15) is 31.3 Å². The van der Waals surface area contributed by atoms with Gasteiger partial charge in [0.05, 0.1) is 6.54 Å². The number of hydrogen-bond donors (Lipinski definition) is 2. The van der Waals surface area contributed by atoms with Crippen LogP contribution < -0.4 is 10.0 Å². The monoisotopic (exact) mass is 272 g/mol. The van der Waals surface area contributed by atoms with Crippen molar-refractivity contribution in [2.75, 3.05) is 7.05 Å². The van der Waals surface area contributed by atoms with E-state index < -0.39 is 10.0 Å². The Morgan fingerprint density at radius 2 is 2.11 bits per heavy atom. The van der Waals surface area contributed by atoms with Gasteiger partial charge in [0.2, 0.25) is 10.0 Å². The molecule has 1 aromatic heterocycles. The second kappa shape index (κ2) is 5.03. The van der Waals surface area contributed by atoms with Gasteiger partial charge >= 0.3 is 0 Å². The highest BCUT2D eigenvalue weighted by molar-refractivity contribution is 7.89. The van der Waals surface area contributed by atoms with Gasteiger partial charge < -0.3 is 9.73 Å². The molecule has 1 aromatic rings. The fraction of sp³-hybridized carbons (Fsp3) is 0.667. The van der Waals surface area contributed by atoms with Crippen molar-refractivity contribution in [1.29, 1.82) is 0 Å². The molecular formula is C12H20N2O3S. The van der Waals surface area contributed by atoms with E-state index in [-0.39, 0.29) is 10.9 Å². The molecule has 102 valence electrons. The van der Waals surface area contributed by atoms with E-state index in [2.05, 4.69) is 17.0 Å². The van der Waals surface area contributed by atoms with Gasteiger partial charge in [-0.15, -0.1) is 0 Å². The zero-order chi connectivity index (χ0) is 13.3. The van der Waals surface area contributed by atoms with Gasteiger partial charge in [-0.3, -0.25) is 0 Å². The summed E-state index contributed by atoms with van der Waals surface area (Å²) in [5.41, 5.74) is 0. The van der Waals surface area contributed by atoms with Crippen molar-refractivity contribution in [2.45, 2.75) is 44.2 Å². The van der Waals surface area contributed by atoms with E-state index in [1.807, 2.05) is 0 Å². The molecule has 0 unspecified atom stereocenters. The molecule has 0 saturated heterocycles. The maximum atomic E-state index is 12.2. The van der Waals surface area contributed by atoms with E-state index in [1.165, 1.54) is 0 Å². The zero-order valence-corrected chi connectivity index (χ0v) is 11.8. The summed E-state index contributed by atoms with van der Waals surface area (Å²) in [5, 5.41) is 2.94. The highest BCUT2D eigenvalue weighted by Gasteiger charge is 2.31. The molecule has 1 aliphatic carbocycles. The number of furan rings is 1. The summed E-state index contributed by atoms with van der Waals surface area (Å²) in [7, 11) is -1.65. The van der Waals surface area contributed by atoms with Gasteiger partial charge in [0, 0.05) is 12.1 Å². The van der Waals surface area contributed by atoms with Crippen molar-refractivity contribution in [3.8, 4) is 0 Å². The lowest BCUT2D eigenvalue weighted by Gasteiger charge is -2.32. The highest BCUT2D eigenvalue weighted by Crippen LogP contribution is 2.28. The van der Waals surface area contributed by atoms with Crippen LogP contribution in [-0.4, -0.2) is 21.5 Å². The number of aryl methyl sites for hydroxylation is 1.